The molecule has 1 rings (SSSR count). The first kappa shape index (κ1) is 17.5. The van der Waals surface area contributed by atoms with Gasteiger partial charge in [0.2, 0.25) is 0 Å². The van der Waals surface area contributed by atoms with Crippen LogP contribution in [0.2, 0.25) is 0 Å². The highest BCUT2D eigenvalue weighted by Gasteiger charge is 2.28. The highest BCUT2D eigenvalue weighted by molar-refractivity contribution is 7.19. The Hall–Kier alpha value is -1.56. The molecule has 0 bridgehead atoms. The average Bonchev–Trinajstić information content (AvgIpc) is 2.81. The summed E-state index contributed by atoms with van der Waals surface area (Å²) in [6.07, 6.45) is 1.32. The molecule has 0 radical (unpaired) electrons. The molecule has 1 heterocycles. The summed E-state index contributed by atoms with van der Waals surface area (Å²) in [6.45, 7) is 9.47. The standard InChI is InChI=1S/C15H24N2O3S/c1-5-9-17(7-3)14-11(15(19)20-8-4)12(16)13(21-14)10(18)6-2/h5-9,16H2,1-4H3. The molecule has 118 valence electrons. The van der Waals surface area contributed by atoms with E-state index in [4.69, 9.17) is 10.5 Å². The number of nitrogens with two attached hydrogens (primary N) is 1. The highest BCUT2D eigenvalue weighted by Crippen LogP contribution is 2.39. The topological polar surface area (TPSA) is 72.6 Å². The Labute approximate surface area is 130 Å². The van der Waals surface area contributed by atoms with Crippen molar-refractivity contribution in [3.63, 3.8) is 0 Å². The predicted molar refractivity (Wildman–Crippen MR) is 87.5 cm³/mol. The maximum atomic E-state index is 12.2. The van der Waals surface area contributed by atoms with Crippen molar-refractivity contribution in [2.75, 3.05) is 30.3 Å². The summed E-state index contributed by atoms with van der Waals surface area (Å²) >= 11 is 1.30. The van der Waals surface area contributed by atoms with Gasteiger partial charge in [-0.2, -0.15) is 0 Å². The molecule has 0 unspecified atom stereocenters. The van der Waals surface area contributed by atoms with Crippen LogP contribution < -0.4 is 10.6 Å². The van der Waals surface area contributed by atoms with Crippen molar-refractivity contribution in [1.82, 2.24) is 0 Å². The maximum absolute atomic E-state index is 12.2. The Morgan fingerprint density at radius 2 is 1.90 bits per heavy atom. The van der Waals surface area contributed by atoms with Gasteiger partial charge in [0.25, 0.3) is 0 Å². The number of rotatable bonds is 8. The number of anilines is 2. The van der Waals surface area contributed by atoms with E-state index in [0.717, 1.165) is 24.5 Å². The summed E-state index contributed by atoms with van der Waals surface area (Å²) in [5, 5.41) is 0.743. The number of carbonyl (C=O) groups excluding carboxylic acids is 2. The number of Topliss-reactive ketones (excluding diaryl/α,β-unsaturated/α-hetero) is 1. The van der Waals surface area contributed by atoms with Crippen molar-refractivity contribution in [3.8, 4) is 0 Å². The number of hydrogen-bond donors (Lipinski definition) is 1. The van der Waals surface area contributed by atoms with E-state index in [9.17, 15) is 9.59 Å². The van der Waals surface area contributed by atoms with Crippen LogP contribution in [-0.2, 0) is 4.74 Å². The third-order valence-corrected chi connectivity index (χ3v) is 4.45. The SMILES string of the molecule is CCCN(CC)c1sc(C(=O)CC)c(N)c1C(=O)OCC. The molecule has 0 spiro atoms. The van der Waals surface area contributed by atoms with Gasteiger partial charge in [-0.15, -0.1) is 11.3 Å². The van der Waals surface area contributed by atoms with E-state index >= 15 is 0 Å². The number of thiophene rings is 1. The molecule has 5 nitrogen and oxygen atoms in total. The van der Waals surface area contributed by atoms with Crippen LogP contribution in [0.5, 0.6) is 0 Å². The van der Waals surface area contributed by atoms with E-state index in [2.05, 4.69) is 11.8 Å². The molecule has 6 heteroatoms. The number of nitrogen functional groups attached to an aromatic ring is 1. The van der Waals surface area contributed by atoms with Crippen LogP contribution in [0.25, 0.3) is 0 Å². The van der Waals surface area contributed by atoms with Gasteiger partial charge in [0.1, 0.15) is 10.6 Å². The third-order valence-electron chi connectivity index (χ3n) is 3.14. The van der Waals surface area contributed by atoms with Crippen molar-refractivity contribution in [2.45, 2.75) is 40.5 Å². The Kier molecular flexibility index (Phi) is 6.68. The Bertz CT molecular complexity index is 511. The van der Waals surface area contributed by atoms with Gasteiger partial charge in [0, 0.05) is 19.5 Å². The quantitative estimate of drug-likeness (QED) is 0.589. The number of ketones is 1. The van der Waals surface area contributed by atoms with E-state index in [0.29, 0.717) is 16.9 Å². The Morgan fingerprint density at radius 3 is 2.38 bits per heavy atom. The fraction of sp³-hybridized carbons (Fsp3) is 0.600. The van der Waals surface area contributed by atoms with Crippen LogP contribution in [0.3, 0.4) is 0 Å². The fourth-order valence-corrected chi connectivity index (χ4v) is 3.40. The van der Waals surface area contributed by atoms with E-state index in [1.54, 1.807) is 13.8 Å². The number of esters is 1. The van der Waals surface area contributed by atoms with Crippen molar-refractivity contribution >= 4 is 33.8 Å². The van der Waals surface area contributed by atoms with Crippen LogP contribution >= 0.6 is 11.3 Å². The molecule has 1 aromatic heterocycles. The zero-order chi connectivity index (χ0) is 16.0. The summed E-state index contributed by atoms with van der Waals surface area (Å²) in [7, 11) is 0. The van der Waals surface area contributed by atoms with Gasteiger partial charge in [0.05, 0.1) is 17.2 Å². The zero-order valence-corrected chi connectivity index (χ0v) is 14.0. The Balaban J connectivity index is 3.38. The number of ether oxygens (including phenoxy) is 1. The molecule has 2 N–H and O–H groups in total. The summed E-state index contributed by atoms with van der Waals surface area (Å²) in [5.74, 6) is -0.493. The normalized spacial score (nSPS) is 10.5. The minimum Gasteiger partial charge on any atom is -0.462 e. The molecule has 0 aliphatic carbocycles. The van der Waals surface area contributed by atoms with Crippen molar-refractivity contribution in [3.05, 3.63) is 10.4 Å². The van der Waals surface area contributed by atoms with Crippen LogP contribution in [0, 0.1) is 0 Å². The van der Waals surface area contributed by atoms with Gasteiger partial charge in [0.15, 0.2) is 5.78 Å². The van der Waals surface area contributed by atoms with Crippen LogP contribution in [0.1, 0.15) is 60.6 Å². The second-order valence-corrected chi connectivity index (χ2v) is 5.60. The summed E-state index contributed by atoms with van der Waals surface area (Å²) in [6, 6.07) is 0. The second-order valence-electron chi connectivity index (χ2n) is 4.60. The summed E-state index contributed by atoms with van der Waals surface area (Å²) < 4.78 is 5.10. The number of carbonyl (C=O) groups is 2. The molecule has 0 aliphatic rings. The maximum Gasteiger partial charge on any atom is 0.343 e. The molecule has 0 saturated carbocycles. The monoisotopic (exact) mass is 312 g/mol. The number of nitrogens with zero attached hydrogens (tertiary/aromatic N) is 1. The van der Waals surface area contributed by atoms with Crippen molar-refractivity contribution in [1.29, 1.82) is 0 Å². The first-order valence-corrected chi connectivity index (χ1v) is 8.20. The molecule has 1 aromatic rings. The molecule has 0 atom stereocenters. The molecular formula is C15H24N2O3S. The van der Waals surface area contributed by atoms with Crippen molar-refractivity contribution in [2.24, 2.45) is 0 Å². The molecule has 0 aliphatic heterocycles. The minimum atomic E-state index is -0.453. The molecule has 21 heavy (non-hydrogen) atoms. The van der Waals surface area contributed by atoms with E-state index in [1.807, 2.05) is 6.92 Å². The van der Waals surface area contributed by atoms with E-state index in [1.165, 1.54) is 11.3 Å². The number of hydrogen-bond acceptors (Lipinski definition) is 6. The highest BCUT2D eigenvalue weighted by atomic mass is 32.1. The third kappa shape index (κ3) is 3.75. The predicted octanol–water partition coefficient (Wildman–Crippen LogP) is 3.34. The van der Waals surface area contributed by atoms with Gasteiger partial charge in [-0.05, 0) is 20.3 Å². The van der Waals surface area contributed by atoms with Crippen LogP contribution in [-0.4, -0.2) is 31.4 Å². The lowest BCUT2D eigenvalue weighted by Gasteiger charge is -2.21. The second kappa shape index (κ2) is 8.02. The molecule has 0 aromatic carbocycles. The van der Waals surface area contributed by atoms with E-state index in [-0.39, 0.29) is 18.1 Å². The smallest absolute Gasteiger partial charge is 0.343 e. The lowest BCUT2D eigenvalue weighted by molar-refractivity contribution is 0.0529. The van der Waals surface area contributed by atoms with E-state index < -0.39 is 5.97 Å². The van der Waals surface area contributed by atoms with Gasteiger partial charge < -0.3 is 15.4 Å². The van der Waals surface area contributed by atoms with Gasteiger partial charge in [-0.3, -0.25) is 4.79 Å². The molecule has 0 amide bonds. The average molecular weight is 312 g/mol. The first-order chi connectivity index (χ1) is 10.0. The van der Waals surface area contributed by atoms with Gasteiger partial charge >= 0.3 is 5.97 Å². The largest absolute Gasteiger partial charge is 0.462 e. The van der Waals surface area contributed by atoms with Gasteiger partial charge in [-0.25, -0.2) is 4.79 Å². The first-order valence-electron chi connectivity index (χ1n) is 7.39. The minimum absolute atomic E-state index is 0.0400. The molecular weight excluding hydrogens is 288 g/mol. The Morgan fingerprint density at radius 1 is 1.24 bits per heavy atom. The van der Waals surface area contributed by atoms with Crippen molar-refractivity contribution < 1.29 is 14.3 Å². The fourth-order valence-electron chi connectivity index (χ4n) is 2.10. The summed E-state index contributed by atoms with van der Waals surface area (Å²) in [4.78, 5) is 26.7. The molecule has 0 fully saturated rings. The summed E-state index contributed by atoms with van der Waals surface area (Å²) in [5.41, 5.74) is 6.66. The lowest BCUT2D eigenvalue weighted by Crippen LogP contribution is -2.24. The van der Waals surface area contributed by atoms with Crippen LogP contribution in [0.15, 0.2) is 0 Å². The lowest BCUT2D eigenvalue weighted by atomic mass is 10.1. The van der Waals surface area contributed by atoms with Gasteiger partial charge in [-0.1, -0.05) is 13.8 Å². The van der Waals surface area contributed by atoms with Crippen LogP contribution in [0.4, 0.5) is 10.7 Å². The zero-order valence-electron chi connectivity index (χ0n) is 13.2. The molecule has 0 saturated heterocycles.